The number of aryl methyl sites for hydroxylation is 1. The molecule has 2 heterocycles. The molecule has 2 aromatic rings. The normalized spacial score (nSPS) is 14.0. The van der Waals surface area contributed by atoms with Crippen LogP contribution in [0.5, 0.6) is 0 Å². The van der Waals surface area contributed by atoms with E-state index in [1.54, 1.807) is 6.08 Å². The van der Waals surface area contributed by atoms with Crippen molar-refractivity contribution >= 4 is 29.3 Å². The van der Waals surface area contributed by atoms with Crippen molar-refractivity contribution in [2.75, 3.05) is 50.1 Å². The zero-order valence-corrected chi connectivity index (χ0v) is 20.4. The number of ether oxygens (including phenoxy) is 1. The molecule has 0 spiro atoms. The lowest BCUT2D eigenvalue weighted by atomic mass is 10.1. The van der Waals surface area contributed by atoms with E-state index in [0.29, 0.717) is 18.9 Å². The molecule has 1 aromatic heterocycles. The maximum atomic E-state index is 12.8. The first kappa shape index (κ1) is 25.1. The number of benzene rings is 1. The third kappa shape index (κ3) is 6.06. The molecule has 0 atom stereocenters. The van der Waals surface area contributed by atoms with E-state index in [0.717, 1.165) is 48.7 Å². The number of likely N-dealkylation sites (N-methyl/N-ethyl adjacent to an activating group) is 1. The van der Waals surface area contributed by atoms with Gasteiger partial charge in [0.05, 0.1) is 19.8 Å². The van der Waals surface area contributed by atoms with Crippen molar-refractivity contribution in [2.24, 2.45) is 0 Å². The molecule has 8 nitrogen and oxygen atoms in total. The second-order valence-corrected chi connectivity index (χ2v) is 8.50. The molecule has 0 bridgehead atoms. The number of carbonyl (C=O) groups is 2. The minimum atomic E-state index is -0.486. The molecule has 180 valence electrons. The van der Waals surface area contributed by atoms with Crippen LogP contribution in [0.1, 0.15) is 30.3 Å². The highest BCUT2D eigenvalue weighted by molar-refractivity contribution is 6.04. The van der Waals surface area contributed by atoms with Gasteiger partial charge in [-0.05, 0) is 62.2 Å². The van der Waals surface area contributed by atoms with Crippen LogP contribution in [-0.2, 0) is 20.9 Å². The van der Waals surface area contributed by atoms with E-state index in [4.69, 9.17) is 4.74 Å². The molecule has 1 aromatic carbocycles. The number of anilines is 2. The van der Waals surface area contributed by atoms with E-state index >= 15 is 0 Å². The molecule has 3 rings (SSSR count). The molecule has 0 unspecified atom stereocenters. The fourth-order valence-corrected chi connectivity index (χ4v) is 4.11. The molecular weight excluding hydrogens is 430 g/mol. The highest BCUT2D eigenvalue weighted by Crippen LogP contribution is 2.20. The number of carbonyl (C=O) groups excluding carboxylic acids is 2. The summed E-state index contributed by atoms with van der Waals surface area (Å²) in [5, 5.41) is 12.4. The summed E-state index contributed by atoms with van der Waals surface area (Å²) >= 11 is 0. The largest absolute Gasteiger partial charge is 0.378 e. The van der Waals surface area contributed by atoms with Gasteiger partial charge in [-0.3, -0.25) is 9.59 Å². The van der Waals surface area contributed by atoms with Crippen molar-refractivity contribution in [3.63, 3.8) is 0 Å². The average molecular weight is 464 g/mol. The first-order valence-corrected chi connectivity index (χ1v) is 11.6. The Balaban J connectivity index is 1.61. The van der Waals surface area contributed by atoms with Gasteiger partial charge in [0.1, 0.15) is 11.6 Å². The number of amides is 2. The molecule has 1 aliphatic heterocycles. The van der Waals surface area contributed by atoms with E-state index in [9.17, 15) is 14.9 Å². The van der Waals surface area contributed by atoms with Gasteiger partial charge < -0.3 is 24.4 Å². The van der Waals surface area contributed by atoms with Crippen LogP contribution in [-0.4, -0.2) is 61.2 Å². The summed E-state index contributed by atoms with van der Waals surface area (Å²) in [6.45, 7) is 9.94. The van der Waals surface area contributed by atoms with E-state index in [2.05, 4.69) is 21.7 Å². The molecule has 1 fully saturated rings. The highest BCUT2D eigenvalue weighted by atomic mass is 16.5. The maximum Gasteiger partial charge on any atom is 0.264 e. The number of nitriles is 1. The number of hydrogen-bond donors (Lipinski definition) is 1. The zero-order valence-electron chi connectivity index (χ0n) is 20.4. The molecule has 8 heteroatoms. The van der Waals surface area contributed by atoms with Crippen LogP contribution in [0.15, 0.2) is 35.9 Å². The summed E-state index contributed by atoms with van der Waals surface area (Å²) in [4.78, 5) is 28.9. The SMILES string of the molecule is CCCn1c(C)cc(/C=C(/C#N)C(=O)N(C)CC(=O)Nc2ccc(N3CCOCC3)cc2)c1C. The van der Waals surface area contributed by atoms with Crippen LogP contribution >= 0.6 is 0 Å². The van der Waals surface area contributed by atoms with Gasteiger partial charge in [0.25, 0.3) is 5.91 Å². The van der Waals surface area contributed by atoms with Gasteiger partial charge in [0.15, 0.2) is 0 Å². The Morgan fingerprint density at radius 1 is 1.21 bits per heavy atom. The van der Waals surface area contributed by atoms with Gasteiger partial charge in [-0.1, -0.05) is 6.92 Å². The summed E-state index contributed by atoms with van der Waals surface area (Å²) in [5.74, 6) is -0.811. The quantitative estimate of drug-likeness (QED) is 0.479. The lowest BCUT2D eigenvalue weighted by Gasteiger charge is -2.28. The Labute approximate surface area is 201 Å². The van der Waals surface area contributed by atoms with Crippen LogP contribution in [0.3, 0.4) is 0 Å². The first-order chi connectivity index (χ1) is 16.3. The number of aromatic nitrogens is 1. The number of nitrogens with zero attached hydrogens (tertiary/aromatic N) is 4. The summed E-state index contributed by atoms with van der Waals surface area (Å²) in [5.41, 5.74) is 4.68. The van der Waals surface area contributed by atoms with Gasteiger partial charge in [0, 0.05) is 49.4 Å². The standard InChI is InChI=1S/C26H33N5O3/c1-5-10-31-19(2)15-21(20(31)3)16-22(17-27)26(33)29(4)18-25(32)28-23-6-8-24(9-7-23)30-11-13-34-14-12-30/h6-9,15-16H,5,10-14,18H2,1-4H3,(H,28,32)/b22-16-. The zero-order chi connectivity index (χ0) is 24.7. The molecule has 2 amide bonds. The molecule has 1 aliphatic rings. The second kappa shape index (κ2) is 11.5. The lowest BCUT2D eigenvalue weighted by molar-refractivity contribution is -0.129. The van der Waals surface area contributed by atoms with E-state index < -0.39 is 5.91 Å². The molecular formula is C26H33N5O3. The summed E-state index contributed by atoms with van der Waals surface area (Å²) in [6.07, 6.45) is 2.60. The number of morpholine rings is 1. The predicted octanol–water partition coefficient (Wildman–Crippen LogP) is 3.36. The Morgan fingerprint density at radius 2 is 1.88 bits per heavy atom. The van der Waals surface area contributed by atoms with Crippen LogP contribution in [0, 0.1) is 25.2 Å². The van der Waals surface area contributed by atoms with Gasteiger partial charge in [0.2, 0.25) is 5.91 Å². The topological polar surface area (TPSA) is 90.6 Å². The average Bonchev–Trinajstić information content (AvgIpc) is 3.10. The Bertz CT molecular complexity index is 1090. The molecule has 1 N–H and O–H groups in total. The predicted molar refractivity (Wildman–Crippen MR) is 134 cm³/mol. The lowest BCUT2D eigenvalue weighted by Crippen LogP contribution is -2.36. The fourth-order valence-electron chi connectivity index (χ4n) is 4.11. The fraction of sp³-hybridized carbons (Fsp3) is 0.423. The van der Waals surface area contributed by atoms with Crippen LogP contribution in [0.4, 0.5) is 11.4 Å². The minimum Gasteiger partial charge on any atom is -0.378 e. The number of hydrogen-bond acceptors (Lipinski definition) is 5. The molecule has 1 saturated heterocycles. The molecule has 0 radical (unpaired) electrons. The Morgan fingerprint density at radius 3 is 2.50 bits per heavy atom. The third-order valence-corrected chi connectivity index (χ3v) is 5.97. The number of nitrogens with one attached hydrogen (secondary N) is 1. The van der Waals surface area contributed by atoms with E-state index in [1.165, 1.54) is 11.9 Å². The molecule has 0 aliphatic carbocycles. The Kier molecular flexibility index (Phi) is 8.50. The molecule has 0 saturated carbocycles. The maximum absolute atomic E-state index is 12.8. The van der Waals surface area contributed by atoms with Crippen LogP contribution in [0.25, 0.3) is 6.08 Å². The highest BCUT2D eigenvalue weighted by Gasteiger charge is 2.19. The third-order valence-electron chi connectivity index (χ3n) is 5.97. The second-order valence-electron chi connectivity index (χ2n) is 8.50. The first-order valence-electron chi connectivity index (χ1n) is 11.6. The van der Waals surface area contributed by atoms with Crippen molar-refractivity contribution in [3.05, 3.63) is 52.9 Å². The van der Waals surface area contributed by atoms with Crippen LogP contribution < -0.4 is 10.2 Å². The van der Waals surface area contributed by atoms with Gasteiger partial charge in [-0.15, -0.1) is 0 Å². The minimum absolute atomic E-state index is 0.00177. The van der Waals surface area contributed by atoms with Crippen molar-refractivity contribution in [2.45, 2.75) is 33.7 Å². The molecule has 34 heavy (non-hydrogen) atoms. The van der Waals surface area contributed by atoms with Crippen molar-refractivity contribution in [1.29, 1.82) is 5.26 Å². The summed E-state index contributed by atoms with van der Waals surface area (Å²) in [6, 6.07) is 11.6. The van der Waals surface area contributed by atoms with Gasteiger partial charge in [-0.2, -0.15) is 5.26 Å². The smallest absolute Gasteiger partial charge is 0.264 e. The summed E-state index contributed by atoms with van der Waals surface area (Å²) < 4.78 is 7.55. The van der Waals surface area contributed by atoms with Gasteiger partial charge in [-0.25, -0.2) is 0 Å². The van der Waals surface area contributed by atoms with Crippen LogP contribution in [0.2, 0.25) is 0 Å². The van der Waals surface area contributed by atoms with E-state index in [-0.39, 0.29) is 18.0 Å². The summed E-state index contributed by atoms with van der Waals surface area (Å²) in [7, 11) is 1.52. The van der Waals surface area contributed by atoms with Gasteiger partial charge >= 0.3 is 0 Å². The van der Waals surface area contributed by atoms with Crippen molar-refractivity contribution in [1.82, 2.24) is 9.47 Å². The Hall–Kier alpha value is -3.57. The van der Waals surface area contributed by atoms with E-state index in [1.807, 2.05) is 50.2 Å². The van der Waals surface area contributed by atoms with Crippen molar-refractivity contribution < 1.29 is 14.3 Å². The van der Waals surface area contributed by atoms with Crippen molar-refractivity contribution in [3.8, 4) is 6.07 Å². The number of rotatable bonds is 8. The monoisotopic (exact) mass is 463 g/mol.